The molecule has 2 aromatic carbocycles. The van der Waals surface area contributed by atoms with Crippen molar-refractivity contribution < 1.29 is 14.9 Å². The van der Waals surface area contributed by atoms with Crippen LogP contribution in [0.3, 0.4) is 0 Å². The van der Waals surface area contributed by atoms with E-state index in [1.54, 1.807) is 24.3 Å². The summed E-state index contributed by atoms with van der Waals surface area (Å²) in [4.78, 5) is 0. The van der Waals surface area contributed by atoms with E-state index in [2.05, 4.69) is 6.92 Å². The van der Waals surface area contributed by atoms with Crippen LogP contribution in [0.25, 0.3) is 0 Å². The van der Waals surface area contributed by atoms with Crippen molar-refractivity contribution in [2.45, 2.75) is 20.3 Å². The number of hydrogen-bond acceptors (Lipinski definition) is 3. The highest BCUT2D eigenvalue weighted by Gasteiger charge is 2.15. The Hall–Kier alpha value is -2.16. The van der Waals surface area contributed by atoms with E-state index >= 15 is 0 Å². The van der Waals surface area contributed by atoms with Gasteiger partial charge < -0.3 is 14.9 Å². The van der Waals surface area contributed by atoms with Gasteiger partial charge in [0.15, 0.2) is 0 Å². The van der Waals surface area contributed by atoms with Crippen LogP contribution < -0.4 is 4.74 Å². The molecule has 1 heterocycles. The molecular weight excluding hydrogens is 252 g/mol. The molecule has 1 atom stereocenters. The van der Waals surface area contributed by atoms with Gasteiger partial charge in [-0.25, -0.2) is 0 Å². The summed E-state index contributed by atoms with van der Waals surface area (Å²) in [6.45, 7) is 4.91. The van der Waals surface area contributed by atoms with Crippen molar-refractivity contribution in [3.8, 4) is 17.2 Å². The molecule has 0 bridgehead atoms. The summed E-state index contributed by atoms with van der Waals surface area (Å²) >= 11 is 0. The number of rotatable bonds is 0. The molecule has 0 fully saturated rings. The highest BCUT2D eigenvalue weighted by Crippen LogP contribution is 2.30. The van der Waals surface area contributed by atoms with Crippen LogP contribution in [0.5, 0.6) is 17.2 Å². The predicted molar refractivity (Wildman–Crippen MR) is 79.3 cm³/mol. The summed E-state index contributed by atoms with van der Waals surface area (Å²) in [5.41, 5.74) is 2.37. The van der Waals surface area contributed by atoms with Gasteiger partial charge in [0.1, 0.15) is 17.2 Å². The number of fused-ring (bicyclic) bond motifs is 1. The van der Waals surface area contributed by atoms with Gasteiger partial charge in [0, 0.05) is 6.07 Å². The molecule has 1 aliphatic heterocycles. The average molecular weight is 272 g/mol. The zero-order valence-corrected chi connectivity index (χ0v) is 11.8. The van der Waals surface area contributed by atoms with Crippen LogP contribution in [0, 0.1) is 12.8 Å². The predicted octanol–water partition coefficient (Wildman–Crippen LogP) is 3.66. The third-order valence-electron chi connectivity index (χ3n) is 3.18. The summed E-state index contributed by atoms with van der Waals surface area (Å²) in [5.74, 6) is 2.04. The van der Waals surface area contributed by atoms with Crippen molar-refractivity contribution in [1.82, 2.24) is 0 Å². The van der Waals surface area contributed by atoms with Gasteiger partial charge in [-0.1, -0.05) is 30.7 Å². The topological polar surface area (TPSA) is 49.7 Å². The number of ether oxygens (including phenoxy) is 1. The number of aryl methyl sites for hydroxylation is 1. The molecular formula is C17H20O3. The Morgan fingerprint density at radius 1 is 1.00 bits per heavy atom. The number of aromatic hydroxyl groups is 2. The van der Waals surface area contributed by atoms with E-state index < -0.39 is 0 Å². The van der Waals surface area contributed by atoms with Crippen molar-refractivity contribution in [3.63, 3.8) is 0 Å². The first-order valence-corrected chi connectivity index (χ1v) is 6.75. The van der Waals surface area contributed by atoms with Crippen LogP contribution in [-0.4, -0.2) is 16.8 Å². The van der Waals surface area contributed by atoms with Crippen LogP contribution in [0.2, 0.25) is 0 Å². The molecule has 0 amide bonds. The molecule has 0 saturated carbocycles. The second kappa shape index (κ2) is 6.33. The van der Waals surface area contributed by atoms with Crippen LogP contribution >= 0.6 is 0 Å². The molecule has 0 spiro atoms. The molecule has 1 aliphatic rings. The Morgan fingerprint density at radius 2 is 1.65 bits per heavy atom. The van der Waals surface area contributed by atoms with Crippen LogP contribution in [0.1, 0.15) is 18.1 Å². The molecule has 3 heteroatoms. The second-order valence-corrected chi connectivity index (χ2v) is 5.25. The van der Waals surface area contributed by atoms with Gasteiger partial charge in [-0.15, -0.1) is 0 Å². The van der Waals surface area contributed by atoms with E-state index in [4.69, 9.17) is 9.84 Å². The van der Waals surface area contributed by atoms with Crippen molar-refractivity contribution in [3.05, 3.63) is 53.6 Å². The molecule has 3 nitrogen and oxygen atoms in total. The maximum atomic E-state index is 9.17. The Kier molecular flexibility index (Phi) is 4.51. The van der Waals surface area contributed by atoms with Crippen LogP contribution in [0.15, 0.2) is 42.5 Å². The van der Waals surface area contributed by atoms with Gasteiger partial charge in [-0.05, 0) is 43.0 Å². The lowest BCUT2D eigenvalue weighted by Gasteiger charge is -2.22. The molecule has 20 heavy (non-hydrogen) atoms. The van der Waals surface area contributed by atoms with E-state index in [0.717, 1.165) is 18.8 Å². The molecule has 0 aromatic heterocycles. The first-order chi connectivity index (χ1) is 9.54. The maximum Gasteiger partial charge on any atom is 0.126 e. The van der Waals surface area contributed by atoms with Gasteiger partial charge in [0.05, 0.1) is 6.61 Å². The normalized spacial score (nSPS) is 16.4. The van der Waals surface area contributed by atoms with E-state index in [0.29, 0.717) is 11.7 Å². The standard InChI is InChI=1S/C10H12O2.C7H8O/c1-7-4-8-2-3-9(11)5-10(8)12-6-7;1-6-2-4-7(8)5-3-6/h2-3,5,7,11H,4,6H2,1H3;2-5,8H,1H3. The molecule has 0 saturated heterocycles. The fourth-order valence-electron chi connectivity index (χ4n) is 2.06. The van der Waals surface area contributed by atoms with E-state index in [-0.39, 0.29) is 5.75 Å². The lowest BCUT2D eigenvalue weighted by Crippen LogP contribution is -2.17. The quantitative estimate of drug-likeness (QED) is 0.769. The summed E-state index contributed by atoms with van der Waals surface area (Å²) in [7, 11) is 0. The summed E-state index contributed by atoms with van der Waals surface area (Å²) < 4.78 is 5.46. The summed E-state index contributed by atoms with van der Waals surface area (Å²) in [6, 6.07) is 12.4. The number of phenolic OH excluding ortho intramolecular Hbond substituents is 2. The van der Waals surface area contributed by atoms with Crippen LogP contribution in [0.4, 0.5) is 0 Å². The van der Waals surface area contributed by atoms with Gasteiger partial charge in [-0.3, -0.25) is 0 Å². The van der Waals surface area contributed by atoms with Gasteiger partial charge in [0.2, 0.25) is 0 Å². The monoisotopic (exact) mass is 272 g/mol. The number of benzene rings is 2. The minimum Gasteiger partial charge on any atom is -0.508 e. The van der Waals surface area contributed by atoms with E-state index in [1.807, 2.05) is 25.1 Å². The Bertz CT molecular complexity index is 540. The molecule has 3 rings (SSSR count). The molecule has 2 N–H and O–H groups in total. The minimum atomic E-state index is 0.281. The fourth-order valence-corrected chi connectivity index (χ4v) is 2.06. The van der Waals surface area contributed by atoms with Crippen molar-refractivity contribution in [2.24, 2.45) is 5.92 Å². The van der Waals surface area contributed by atoms with Crippen molar-refractivity contribution >= 4 is 0 Å². The van der Waals surface area contributed by atoms with Crippen molar-refractivity contribution in [2.75, 3.05) is 6.61 Å². The second-order valence-electron chi connectivity index (χ2n) is 5.25. The van der Waals surface area contributed by atoms with Crippen molar-refractivity contribution in [1.29, 1.82) is 0 Å². The Labute approximate surface area is 119 Å². The molecule has 1 unspecified atom stereocenters. The summed E-state index contributed by atoms with van der Waals surface area (Å²) in [6.07, 6.45) is 1.05. The zero-order chi connectivity index (χ0) is 14.5. The van der Waals surface area contributed by atoms with Gasteiger partial charge >= 0.3 is 0 Å². The third kappa shape index (κ3) is 3.92. The fraction of sp³-hybridized carbons (Fsp3) is 0.294. The lowest BCUT2D eigenvalue weighted by atomic mass is 9.98. The highest BCUT2D eigenvalue weighted by atomic mass is 16.5. The first kappa shape index (κ1) is 14.3. The van der Waals surface area contributed by atoms with Gasteiger partial charge in [-0.2, -0.15) is 0 Å². The molecule has 106 valence electrons. The maximum absolute atomic E-state index is 9.17. The molecule has 0 radical (unpaired) electrons. The molecule has 0 aliphatic carbocycles. The third-order valence-corrected chi connectivity index (χ3v) is 3.18. The van der Waals surface area contributed by atoms with E-state index in [9.17, 15) is 5.11 Å². The zero-order valence-electron chi connectivity index (χ0n) is 11.8. The Balaban J connectivity index is 0.000000160. The minimum absolute atomic E-state index is 0.281. The Morgan fingerprint density at radius 3 is 2.30 bits per heavy atom. The molecule has 2 aromatic rings. The SMILES string of the molecule is CC1COc2cc(O)ccc2C1.Cc1ccc(O)cc1. The number of phenols is 2. The largest absolute Gasteiger partial charge is 0.508 e. The highest BCUT2D eigenvalue weighted by molar-refractivity contribution is 5.41. The van der Waals surface area contributed by atoms with Crippen LogP contribution in [-0.2, 0) is 6.42 Å². The smallest absolute Gasteiger partial charge is 0.126 e. The first-order valence-electron chi connectivity index (χ1n) is 6.75. The van der Waals surface area contributed by atoms with E-state index in [1.165, 1.54) is 11.1 Å². The van der Waals surface area contributed by atoms with Gasteiger partial charge in [0.25, 0.3) is 0 Å². The number of hydrogen-bond donors (Lipinski definition) is 2. The average Bonchev–Trinajstić information content (AvgIpc) is 2.43. The lowest BCUT2D eigenvalue weighted by molar-refractivity contribution is 0.233. The summed E-state index contributed by atoms with van der Waals surface area (Å²) in [5, 5.41) is 17.9.